The number of carboxylic acids is 1. The van der Waals surface area contributed by atoms with Gasteiger partial charge in [0.25, 0.3) is 0 Å². The second-order valence-electron chi connectivity index (χ2n) is 3.82. The number of rotatable bonds is 2. The molecule has 1 aliphatic heterocycles. The van der Waals surface area contributed by atoms with Crippen LogP contribution in [0.5, 0.6) is 0 Å². The third kappa shape index (κ3) is 2.09. The SMILES string of the molecule is Nc1ccc(C(=O)O)c(N2CCNCC2)c1. The number of hydrogen-bond acceptors (Lipinski definition) is 4. The van der Waals surface area contributed by atoms with Gasteiger partial charge in [0.2, 0.25) is 0 Å². The fourth-order valence-corrected chi connectivity index (χ4v) is 1.90. The van der Waals surface area contributed by atoms with Crippen LogP contribution in [0.15, 0.2) is 18.2 Å². The number of nitrogens with one attached hydrogen (secondary N) is 1. The topological polar surface area (TPSA) is 78.6 Å². The van der Waals surface area contributed by atoms with Gasteiger partial charge in [0, 0.05) is 31.9 Å². The first-order valence-electron chi connectivity index (χ1n) is 5.27. The minimum absolute atomic E-state index is 0.316. The largest absolute Gasteiger partial charge is 0.478 e. The predicted octanol–water partition coefficient (Wildman–Crippen LogP) is 0.377. The summed E-state index contributed by atoms with van der Waals surface area (Å²) < 4.78 is 0. The van der Waals surface area contributed by atoms with Crippen molar-refractivity contribution in [2.45, 2.75) is 0 Å². The summed E-state index contributed by atoms with van der Waals surface area (Å²) in [5.74, 6) is -0.909. The molecule has 2 rings (SSSR count). The molecule has 0 spiro atoms. The first-order chi connectivity index (χ1) is 7.68. The summed E-state index contributed by atoms with van der Waals surface area (Å²) >= 11 is 0. The average Bonchev–Trinajstić information content (AvgIpc) is 2.29. The third-order valence-corrected chi connectivity index (χ3v) is 2.71. The van der Waals surface area contributed by atoms with Crippen molar-refractivity contribution in [2.75, 3.05) is 36.8 Å². The van der Waals surface area contributed by atoms with Crippen LogP contribution in [0.25, 0.3) is 0 Å². The highest BCUT2D eigenvalue weighted by Crippen LogP contribution is 2.24. The summed E-state index contributed by atoms with van der Waals surface area (Å²) in [4.78, 5) is 13.1. The molecule has 0 aromatic heterocycles. The molecule has 1 heterocycles. The number of hydrogen-bond donors (Lipinski definition) is 3. The average molecular weight is 221 g/mol. The molecule has 0 radical (unpaired) electrons. The molecule has 0 unspecified atom stereocenters. The van der Waals surface area contributed by atoms with Gasteiger partial charge in [-0.15, -0.1) is 0 Å². The van der Waals surface area contributed by atoms with Gasteiger partial charge in [-0.25, -0.2) is 4.79 Å². The van der Waals surface area contributed by atoms with Crippen LogP contribution in [0.3, 0.4) is 0 Å². The Morgan fingerprint density at radius 2 is 2.06 bits per heavy atom. The number of nitrogen functional groups attached to an aromatic ring is 1. The van der Waals surface area contributed by atoms with E-state index in [4.69, 9.17) is 10.8 Å². The van der Waals surface area contributed by atoms with Crippen molar-refractivity contribution >= 4 is 17.3 Å². The predicted molar refractivity (Wildman–Crippen MR) is 62.9 cm³/mol. The van der Waals surface area contributed by atoms with Crippen molar-refractivity contribution in [2.24, 2.45) is 0 Å². The van der Waals surface area contributed by atoms with E-state index in [2.05, 4.69) is 10.2 Å². The number of nitrogens with two attached hydrogens (primary N) is 1. The molecule has 1 aliphatic rings. The Labute approximate surface area is 93.9 Å². The molecule has 16 heavy (non-hydrogen) atoms. The molecule has 0 aliphatic carbocycles. The molecule has 86 valence electrons. The van der Waals surface area contributed by atoms with E-state index in [0.29, 0.717) is 16.9 Å². The number of carboxylic acid groups (broad SMARTS) is 1. The number of piperazine rings is 1. The quantitative estimate of drug-likeness (QED) is 0.629. The van der Waals surface area contributed by atoms with Crippen molar-refractivity contribution < 1.29 is 9.90 Å². The molecular weight excluding hydrogens is 206 g/mol. The van der Waals surface area contributed by atoms with Gasteiger partial charge >= 0.3 is 5.97 Å². The Bertz CT molecular complexity index is 400. The van der Waals surface area contributed by atoms with Crippen LogP contribution in [0.4, 0.5) is 11.4 Å². The number of nitrogens with zero attached hydrogens (tertiary/aromatic N) is 1. The van der Waals surface area contributed by atoms with Crippen molar-refractivity contribution in [3.8, 4) is 0 Å². The fraction of sp³-hybridized carbons (Fsp3) is 0.364. The second-order valence-corrected chi connectivity index (χ2v) is 3.82. The van der Waals surface area contributed by atoms with E-state index in [-0.39, 0.29) is 0 Å². The van der Waals surface area contributed by atoms with Gasteiger partial charge in [-0.05, 0) is 18.2 Å². The molecule has 1 fully saturated rings. The zero-order valence-electron chi connectivity index (χ0n) is 8.94. The second kappa shape index (κ2) is 4.40. The Balaban J connectivity index is 2.36. The van der Waals surface area contributed by atoms with E-state index >= 15 is 0 Å². The number of anilines is 2. The van der Waals surface area contributed by atoms with Crippen LogP contribution in [0, 0.1) is 0 Å². The molecular formula is C11H15N3O2. The molecule has 5 heteroatoms. The summed E-state index contributed by atoms with van der Waals surface area (Å²) in [6.07, 6.45) is 0. The molecule has 4 N–H and O–H groups in total. The maximum Gasteiger partial charge on any atom is 0.337 e. The monoisotopic (exact) mass is 221 g/mol. The Morgan fingerprint density at radius 3 is 2.69 bits per heavy atom. The fourth-order valence-electron chi connectivity index (χ4n) is 1.90. The molecule has 1 aromatic rings. The number of aromatic carboxylic acids is 1. The lowest BCUT2D eigenvalue weighted by Gasteiger charge is -2.30. The molecule has 5 nitrogen and oxygen atoms in total. The highest BCUT2D eigenvalue weighted by molar-refractivity contribution is 5.95. The smallest absolute Gasteiger partial charge is 0.337 e. The highest BCUT2D eigenvalue weighted by Gasteiger charge is 2.17. The number of benzene rings is 1. The Morgan fingerprint density at radius 1 is 1.38 bits per heavy atom. The number of carbonyl (C=O) groups is 1. The van der Waals surface area contributed by atoms with Crippen LogP contribution in [-0.4, -0.2) is 37.3 Å². The van der Waals surface area contributed by atoms with Crippen LogP contribution in [0.2, 0.25) is 0 Å². The van der Waals surface area contributed by atoms with Crippen molar-refractivity contribution in [1.29, 1.82) is 0 Å². The highest BCUT2D eigenvalue weighted by atomic mass is 16.4. The van der Waals surface area contributed by atoms with E-state index in [1.54, 1.807) is 18.2 Å². The first kappa shape index (κ1) is 10.8. The maximum absolute atomic E-state index is 11.1. The van der Waals surface area contributed by atoms with Gasteiger partial charge in [0.05, 0.1) is 11.3 Å². The van der Waals surface area contributed by atoms with Crippen LogP contribution >= 0.6 is 0 Å². The normalized spacial score (nSPS) is 16.1. The maximum atomic E-state index is 11.1. The minimum Gasteiger partial charge on any atom is -0.478 e. The lowest BCUT2D eigenvalue weighted by atomic mass is 10.1. The van der Waals surface area contributed by atoms with E-state index in [0.717, 1.165) is 26.2 Å². The van der Waals surface area contributed by atoms with Gasteiger partial charge in [0.15, 0.2) is 0 Å². The molecule has 0 amide bonds. The van der Waals surface area contributed by atoms with Gasteiger partial charge in [-0.2, -0.15) is 0 Å². The van der Waals surface area contributed by atoms with Gasteiger partial charge in [0.1, 0.15) is 0 Å². The van der Waals surface area contributed by atoms with E-state index in [1.807, 2.05) is 0 Å². The summed E-state index contributed by atoms with van der Waals surface area (Å²) in [5, 5.41) is 12.3. The van der Waals surface area contributed by atoms with Gasteiger partial charge < -0.3 is 21.1 Å². The molecule has 0 saturated carbocycles. The summed E-state index contributed by atoms with van der Waals surface area (Å²) in [6, 6.07) is 4.92. The summed E-state index contributed by atoms with van der Waals surface area (Å²) in [5.41, 5.74) is 7.33. The van der Waals surface area contributed by atoms with Crippen molar-refractivity contribution in [1.82, 2.24) is 5.32 Å². The van der Waals surface area contributed by atoms with Crippen LogP contribution < -0.4 is 16.0 Å². The third-order valence-electron chi connectivity index (χ3n) is 2.71. The summed E-state index contributed by atoms with van der Waals surface area (Å²) in [7, 11) is 0. The van der Waals surface area contributed by atoms with E-state index in [9.17, 15) is 4.79 Å². The Hall–Kier alpha value is -1.75. The molecule has 0 bridgehead atoms. The van der Waals surface area contributed by atoms with Crippen LogP contribution in [-0.2, 0) is 0 Å². The molecule has 1 aromatic carbocycles. The molecule has 0 atom stereocenters. The van der Waals surface area contributed by atoms with Crippen molar-refractivity contribution in [3.05, 3.63) is 23.8 Å². The lowest BCUT2D eigenvalue weighted by molar-refractivity contribution is 0.0697. The standard InChI is InChI=1S/C11H15N3O2/c12-8-1-2-9(11(15)16)10(7-8)14-5-3-13-4-6-14/h1-2,7,13H,3-6,12H2,(H,15,16). The zero-order valence-corrected chi connectivity index (χ0v) is 8.94. The van der Waals surface area contributed by atoms with Gasteiger partial charge in [-0.1, -0.05) is 0 Å². The van der Waals surface area contributed by atoms with E-state index < -0.39 is 5.97 Å². The molecule has 1 saturated heterocycles. The van der Waals surface area contributed by atoms with Crippen molar-refractivity contribution in [3.63, 3.8) is 0 Å². The van der Waals surface area contributed by atoms with Gasteiger partial charge in [-0.3, -0.25) is 0 Å². The van der Waals surface area contributed by atoms with E-state index in [1.165, 1.54) is 0 Å². The minimum atomic E-state index is -0.909. The first-order valence-corrected chi connectivity index (χ1v) is 5.27. The summed E-state index contributed by atoms with van der Waals surface area (Å²) in [6.45, 7) is 3.36. The lowest BCUT2D eigenvalue weighted by Crippen LogP contribution is -2.44. The zero-order chi connectivity index (χ0) is 11.5. The Kier molecular flexibility index (Phi) is 2.96. The van der Waals surface area contributed by atoms with Crippen LogP contribution in [0.1, 0.15) is 10.4 Å².